The van der Waals surface area contributed by atoms with Gasteiger partial charge in [0, 0.05) is 30.9 Å². The van der Waals surface area contributed by atoms with Gasteiger partial charge in [-0.05, 0) is 69.9 Å². The van der Waals surface area contributed by atoms with E-state index in [-0.39, 0.29) is 11.8 Å². The first-order chi connectivity index (χ1) is 14.2. The number of thiazole rings is 1. The molecule has 2 aromatic rings. The number of hydrogen-bond donors (Lipinski definition) is 1. The molecule has 3 heterocycles. The third-order valence-electron chi connectivity index (χ3n) is 6.17. The van der Waals surface area contributed by atoms with Crippen LogP contribution in [0.4, 0.5) is 0 Å². The number of benzene rings is 1. The number of likely N-dealkylation sites (tertiary alicyclic amines) is 2. The second-order valence-electron chi connectivity index (χ2n) is 8.38. The lowest BCUT2D eigenvalue weighted by Crippen LogP contribution is -2.40. The van der Waals surface area contributed by atoms with E-state index in [0.29, 0.717) is 6.54 Å². The monoisotopic (exact) mass is 412 g/mol. The van der Waals surface area contributed by atoms with Crippen LogP contribution in [0.15, 0.2) is 29.6 Å². The second kappa shape index (κ2) is 9.83. The van der Waals surface area contributed by atoms with Crippen LogP contribution in [-0.2, 0) is 24.4 Å². The van der Waals surface area contributed by atoms with Crippen molar-refractivity contribution in [1.29, 1.82) is 0 Å². The van der Waals surface area contributed by atoms with Crippen molar-refractivity contribution >= 4 is 17.2 Å². The Morgan fingerprint density at radius 3 is 2.45 bits per heavy atom. The number of carbonyl (C=O) groups excluding carboxylic acids is 1. The van der Waals surface area contributed by atoms with Gasteiger partial charge in [0.2, 0.25) is 5.91 Å². The summed E-state index contributed by atoms with van der Waals surface area (Å²) in [6, 6.07) is 8.55. The van der Waals surface area contributed by atoms with Gasteiger partial charge < -0.3 is 5.32 Å². The molecule has 29 heavy (non-hydrogen) atoms. The third kappa shape index (κ3) is 5.65. The maximum atomic E-state index is 12.7. The summed E-state index contributed by atoms with van der Waals surface area (Å²) in [5.74, 6) is 0.347. The molecule has 0 unspecified atom stereocenters. The van der Waals surface area contributed by atoms with E-state index in [0.717, 1.165) is 49.7 Å². The molecule has 0 aliphatic carbocycles. The van der Waals surface area contributed by atoms with E-state index in [1.807, 2.05) is 6.92 Å². The Labute approximate surface area is 178 Å². The van der Waals surface area contributed by atoms with E-state index in [1.165, 1.54) is 37.1 Å². The lowest BCUT2D eigenvalue weighted by Gasteiger charge is -2.30. The second-order valence-corrected chi connectivity index (χ2v) is 9.44. The predicted molar refractivity (Wildman–Crippen MR) is 118 cm³/mol. The SMILES string of the molecule is Cc1nc(CN2CCC(C(=O)NCc3ccccc3CN3CCCC3)CC2)cs1. The van der Waals surface area contributed by atoms with Crippen LogP contribution in [0.25, 0.3) is 0 Å². The molecule has 4 rings (SSSR count). The number of hydrogen-bond acceptors (Lipinski definition) is 5. The van der Waals surface area contributed by atoms with Gasteiger partial charge in [-0.1, -0.05) is 24.3 Å². The molecule has 1 N–H and O–H groups in total. The molecule has 2 aliphatic rings. The van der Waals surface area contributed by atoms with Gasteiger partial charge in [-0.2, -0.15) is 0 Å². The van der Waals surface area contributed by atoms with Gasteiger partial charge in [0.05, 0.1) is 10.7 Å². The van der Waals surface area contributed by atoms with Crippen LogP contribution >= 0.6 is 11.3 Å². The molecule has 1 aromatic carbocycles. The smallest absolute Gasteiger partial charge is 0.223 e. The maximum Gasteiger partial charge on any atom is 0.223 e. The highest BCUT2D eigenvalue weighted by molar-refractivity contribution is 7.09. The summed E-state index contributed by atoms with van der Waals surface area (Å²) in [7, 11) is 0. The molecule has 1 aromatic heterocycles. The van der Waals surface area contributed by atoms with E-state index in [4.69, 9.17) is 0 Å². The summed E-state index contributed by atoms with van der Waals surface area (Å²) >= 11 is 1.71. The van der Waals surface area contributed by atoms with Gasteiger partial charge >= 0.3 is 0 Å². The lowest BCUT2D eigenvalue weighted by atomic mass is 9.95. The first-order valence-corrected chi connectivity index (χ1v) is 11.8. The third-order valence-corrected chi connectivity index (χ3v) is 7.00. The highest BCUT2D eigenvalue weighted by Crippen LogP contribution is 2.21. The van der Waals surface area contributed by atoms with E-state index in [9.17, 15) is 4.79 Å². The highest BCUT2D eigenvalue weighted by atomic mass is 32.1. The Bertz CT molecular complexity index is 807. The van der Waals surface area contributed by atoms with Crippen molar-refractivity contribution in [3.63, 3.8) is 0 Å². The fourth-order valence-corrected chi connectivity index (χ4v) is 5.06. The van der Waals surface area contributed by atoms with Crippen LogP contribution in [0.5, 0.6) is 0 Å². The number of amides is 1. The van der Waals surface area contributed by atoms with Crippen molar-refractivity contribution in [1.82, 2.24) is 20.1 Å². The number of nitrogens with one attached hydrogen (secondary N) is 1. The molecule has 2 aliphatic heterocycles. The van der Waals surface area contributed by atoms with Crippen LogP contribution in [0, 0.1) is 12.8 Å². The average Bonchev–Trinajstić information content (AvgIpc) is 3.39. The summed E-state index contributed by atoms with van der Waals surface area (Å²) < 4.78 is 0. The normalized spacial score (nSPS) is 18.9. The number of rotatable bonds is 7. The Kier molecular flexibility index (Phi) is 6.95. The summed E-state index contributed by atoms with van der Waals surface area (Å²) in [6.45, 7) is 8.93. The van der Waals surface area contributed by atoms with Crippen LogP contribution in [0.2, 0.25) is 0 Å². The van der Waals surface area contributed by atoms with Crippen molar-refractivity contribution in [2.45, 2.75) is 52.2 Å². The zero-order chi connectivity index (χ0) is 20.1. The van der Waals surface area contributed by atoms with Gasteiger partial charge in [-0.3, -0.25) is 14.6 Å². The Morgan fingerprint density at radius 2 is 1.76 bits per heavy atom. The zero-order valence-corrected chi connectivity index (χ0v) is 18.2. The highest BCUT2D eigenvalue weighted by Gasteiger charge is 2.25. The Morgan fingerprint density at radius 1 is 1.07 bits per heavy atom. The zero-order valence-electron chi connectivity index (χ0n) is 17.4. The average molecular weight is 413 g/mol. The number of aromatic nitrogens is 1. The van der Waals surface area contributed by atoms with Gasteiger partial charge in [0.25, 0.3) is 0 Å². The minimum atomic E-state index is 0.133. The van der Waals surface area contributed by atoms with Crippen LogP contribution in [0.1, 0.15) is 47.5 Å². The van der Waals surface area contributed by atoms with Gasteiger partial charge in [0.1, 0.15) is 0 Å². The summed E-state index contributed by atoms with van der Waals surface area (Å²) in [5, 5.41) is 6.49. The molecule has 6 heteroatoms. The number of nitrogens with zero attached hydrogens (tertiary/aromatic N) is 3. The van der Waals surface area contributed by atoms with Crippen molar-refractivity contribution in [3.8, 4) is 0 Å². The largest absolute Gasteiger partial charge is 0.352 e. The van der Waals surface area contributed by atoms with Crippen molar-refractivity contribution in [2.75, 3.05) is 26.2 Å². The minimum Gasteiger partial charge on any atom is -0.352 e. The quantitative estimate of drug-likeness (QED) is 0.755. The van der Waals surface area contributed by atoms with E-state index >= 15 is 0 Å². The minimum absolute atomic E-state index is 0.133. The number of carbonyl (C=O) groups is 1. The fraction of sp³-hybridized carbons (Fsp3) is 0.565. The maximum absolute atomic E-state index is 12.7. The molecule has 1 amide bonds. The number of piperidine rings is 1. The molecule has 2 fully saturated rings. The molecule has 5 nitrogen and oxygen atoms in total. The predicted octanol–water partition coefficient (Wildman–Crippen LogP) is 3.58. The Hall–Kier alpha value is -1.76. The first kappa shape index (κ1) is 20.5. The molecule has 0 saturated carbocycles. The molecule has 0 radical (unpaired) electrons. The van der Waals surface area contributed by atoms with E-state index in [2.05, 4.69) is 49.7 Å². The van der Waals surface area contributed by atoms with Gasteiger partial charge in [0.15, 0.2) is 0 Å². The summed E-state index contributed by atoms with van der Waals surface area (Å²) in [6.07, 6.45) is 4.48. The van der Waals surface area contributed by atoms with Crippen LogP contribution < -0.4 is 5.32 Å². The van der Waals surface area contributed by atoms with Crippen LogP contribution in [-0.4, -0.2) is 46.9 Å². The molecular weight excluding hydrogens is 380 g/mol. The molecule has 156 valence electrons. The van der Waals surface area contributed by atoms with Crippen molar-refractivity contribution in [2.24, 2.45) is 5.92 Å². The standard InChI is InChI=1S/C23H32N4OS/c1-18-25-22(17-29-18)16-27-12-8-19(9-13-27)23(28)24-14-20-6-2-3-7-21(20)15-26-10-4-5-11-26/h2-3,6-7,17,19H,4-5,8-16H2,1H3,(H,24,28). The molecule has 0 atom stereocenters. The number of aryl methyl sites for hydroxylation is 1. The van der Waals surface area contributed by atoms with E-state index in [1.54, 1.807) is 11.3 Å². The van der Waals surface area contributed by atoms with Crippen molar-refractivity contribution < 1.29 is 4.79 Å². The van der Waals surface area contributed by atoms with Gasteiger partial charge in [-0.25, -0.2) is 4.98 Å². The molecule has 0 bridgehead atoms. The van der Waals surface area contributed by atoms with Gasteiger partial charge in [-0.15, -0.1) is 11.3 Å². The molecule has 0 spiro atoms. The fourth-order valence-electron chi connectivity index (χ4n) is 4.46. The molecule has 2 saturated heterocycles. The summed E-state index contributed by atoms with van der Waals surface area (Å²) in [5.41, 5.74) is 3.76. The topological polar surface area (TPSA) is 48.5 Å². The lowest BCUT2D eigenvalue weighted by molar-refractivity contribution is -0.126. The Balaban J connectivity index is 1.24. The first-order valence-electron chi connectivity index (χ1n) is 10.9. The van der Waals surface area contributed by atoms with Crippen LogP contribution in [0.3, 0.4) is 0 Å². The van der Waals surface area contributed by atoms with E-state index < -0.39 is 0 Å². The summed E-state index contributed by atoms with van der Waals surface area (Å²) in [4.78, 5) is 22.2. The molecular formula is C23H32N4OS. The van der Waals surface area contributed by atoms with Crippen molar-refractivity contribution in [3.05, 3.63) is 51.5 Å².